The lowest BCUT2D eigenvalue weighted by atomic mass is 9.79. The summed E-state index contributed by atoms with van der Waals surface area (Å²) >= 11 is 0. The van der Waals surface area contributed by atoms with Gasteiger partial charge >= 0.3 is 35.8 Å². The lowest BCUT2D eigenvalue weighted by Crippen LogP contribution is -2.70. The van der Waals surface area contributed by atoms with Crippen molar-refractivity contribution in [2.75, 3.05) is 66.6 Å². The molecule has 22 atom stereocenters. The molecule has 4 heterocycles. The molecule has 3 aromatic rings. The van der Waals surface area contributed by atoms with E-state index in [4.69, 9.17) is 95.7 Å². The van der Waals surface area contributed by atoms with Gasteiger partial charge in [-0.15, -0.1) is 0 Å². The van der Waals surface area contributed by atoms with Crippen molar-refractivity contribution >= 4 is 35.8 Å². The van der Waals surface area contributed by atoms with Gasteiger partial charge in [-0.2, -0.15) is 5.26 Å². The van der Waals surface area contributed by atoms with Crippen LogP contribution >= 0.6 is 0 Å². The average Bonchev–Trinajstić information content (AvgIpc) is 0.762. The third kappa shape index (κ3) is 22.2. The molecule has 8 rings (SSSR count). The number of hydrogen-bond acceptors (Lipinski definition) is 28. The minimum Gasteiger partial charge on any atom is -0.465 e. The molecule has 28 heteroatoms. The van der Waals surface area contributed by atoms with Gasteiger partial charge in [0.2, 0.25) is 0 Å². The number of benzene rings is 3. The van der Waals surface area contributed by atoms with Crippen molar-refractivity contribution in [3.63, 3.8) is 0 Å². The second-order valence-corrected chi connectivity index (χ2v) is 26.1. The smallest absolute Gasteiger partial charge is 0.366 e. The highest BCUT2D eigenvalue weighted by molar-refractivity contribution is 5.90. The van der Waals surface area contributed by atoms with Gasteiger partial charge in [-0.3, -0.25) is 14.4 Å². The number of nitriles is 1. The number of hydrogen-bond donors (Lipinski definition) is 2. The molecule has 3 N–H and O–H groups in total. The normalized spacial score (nSPS) is 31.2. The average molecular weight is 1450 g/mol. The molecule has 4 saturated heterocycles. The van der Waals surface area contributed by atoms with Crippen LogP contribution in [0.3, 0.4) is 0 Å². The zero-order chi connectivity index (χ0) is 74.0. The Morgan fingerprint density at radius 3 is 1.75 bits per heavy atom. The number of unbranched alkanes of at least 4 members (excludes halogenated alkanes) is 4. The van der Waals surface area contributed by atoms with Crippen LogP contribution in [0.25, 0.3) is 0 Å². The number of methoxy groups -OCH3 is 1. The van der Waals surface area contributed by atoms with Gasteiger partial charge in [-0.05, 0) is 63.3 Å². The first-order valence-corrected chi connectivity index (χ1v) is 36.0. The number of esters is 6. The highest BCUT2D eigenvalue weighted by atomic mass is 16.8. The van der Waals surface area contributed by atoms with Crippen LogP contribution in [0.5, 0.6) is 0 Å². The van der Waals surface area contributed by atoms with E-state index in [0.29, 0.717) is 37.9 Å². The molecular weight excluding hydrogens is 1340 g/mol. The second kappa shape index (κ2) is 41.3. The predicted octanol–water partition coefficient (Wildman–Crippen LogP) is 7.50. The fraction of sp³-hybridized carbons (Fsp3) is 0.667. The van der Waals surface area contributed by atoms with Crippen LogP contribution in [-0.4, -0.2) is 223 Å². The van der Waals surface area contributed by atoms with Gasteiger partial charge in [-0.25, -0.2) is 14.4 Å². The molecule has 0 aromatic heterocycles. The lowest BCUT2D eigenvalue weighted by molar-refractivity contribution is -0.369. The molecule has 10 unspecified atom stereocenters. The van der Waals surface area contributed by atoms with E-state index in [9.17, 15) is 39.1 Å². The molecule has 4 aliphatic heterocycles. The topological polar surface area (TPSA) is 348 Å². The number of carbonyl (C=O) groups is 6. The number of rotatable bonds is 38. The summed E-state index contributed by atoms with van der Waals surface area (Å²) in [6.45, 7) is 12.7. The van der Waals surface area contributed by atoms with Gasteiger partial charge < -0.3 is 101 Å². The molecule has 0 radical (unpaired) electrons. The Labute approximate surface area is 602 Å². The van der Waals surface area contributed by atoms with Crippen molar-refractivity contribution in [3.05, 3.63) is 108 Å². The quantitative estimate of drug-likeness (QED) is 0.0318. The maximum absolute atomic E-state index is 14.9. The van der Waals surface area contributed by atoms with Crippen molar-refractivity contribution in [1.82, 2.24) is 0 Å². The number of fused-ring (bicyclic) bond motifs is 1. The molecular formula is C75H104N2O26. The minimum absolute atomic E-state index is 0.0134. The van der Waals surface area contributed by atoms with E-state index in [-0.39, 0.29) is 57.2 Å². The number of carbonyl (C=O) groups excluding carboxylic acids is 6. The van der Waals surface area contributed by atoms with Crippen molar-refractivity contribution in [1.29, 1.82) is 5.26 Å². The van der Waals surface area contributed by atoms with E-state index >= 15 is 0 Å². The van der Waals surface area contributed by atoms with Crippen LogP contribution in [-0.2, 0) is 109 Å². The highest BCUT2D eigenvalue weighted by Crippen LogP contribution is 2.45. The molecule has 3 aromatic carbocycles. The zero-order valence-electron chi connectivity index (χ0n) is 60.4. The van der Waals surface area contributed by atoms with E-state index in [2.05, 4.69) is 6.92 Å². The fourth-order valence-corrected chi connectivity index (χ4v) is 13.2. The highest BCUT2D eigenvalue weighted by Gasteiger charge is 2.62. The van der Waals surface area contributed by atoms with E-state index in [1.807, 2.05) is 64.1 Å². The van der Waals surface area contributed by atoms with Crippen molar-refractivity contribution < 1.29 is 124 Å². The number of aliphatic hydroxyl groups is 1. The van der Waals surface area contributed by atoms with E-state index in [1.54, 1.807) is 60.7 Å². The van der Waals surface area contributed by atoms with Gasteiger partial charge in [-0.1, -0.05) is 120 Å². The van der Waals surface area contributed by atoms with Crippen LogP contribution in [0.1, 0.15) is 152 Å². The molecule has 0 spiro atoms. The Balaban J connectivity index is 1.30. The number of ether oxygens (including phenoxy) is 19. The summed E-state index contributed by atoms with van der Waals surface area (Å²) < 4.78 is 124. The molecule has 28 nitrogen and oxygen atoms in total. The number of aliphatic hydroxyl groups excluding tert-OH is 1. The fourth-order valence-electron chi connectivity index (χ4n) is 13.2. The molecule has 1 aliphatic carbocycles. The second-order valence-electron chi connectivity index (χ2n) is 26.1. The Bertz CT molecular complexity index is 3130. The lowest BCUT2D eigenvalue weighted by Gasteiger charge is -2.52. The van der Waals surface area contributed by atoms with Crippen molar-refractivity contribution in [2.45, 2.75) is 242 Å². The van der Waals surface area contributed by atoms with Crippen molar-refractivity contribution in [3.8, 4) is 6.07 Å². The molecule has 0 amide bonds. The summed E-state index contributed by atoms with van der Waals surface area (Å²) in [5.74, 6) is -10.5. The van der Waals surface area contributed by atoms with Crippen LogP contribution in [0.4, 0.5) is 0 Å². The number of nitrogens with zero attached hydrogens (tertiary/aromatic N) is 1. The third-order valence-electron chi connectivity index (χ3n) is 18.4. The summed E-state index contributed by atoms with van der Waals surface area (Å²) in [4.78, 5) is 82.2. The van der Waals surface area contributed by atoms with Gasteiger partial charge in [0.15, 0.2) is 37.2 Å². The Morgan fingerprint density at radius 2 is 1.18 bits per heavy atom. The maximum atomic E-state index is 14.9. The molecule has 0 bridgehead atoms. The van der Waals surface area contributed by atoms with Gasteiger partial charge in [0.05, 0.1) is 62.7 Å². The van der Waals surface area contributed by atoms with Gasteiger partial charge in [0, 0.05) is 65.3 Å². The summed E-state index contributed by atoms with van der Waals surface area (Å²) in [7, 11) is 1.02. The van der Waals surface area contributed by atoms with Gasteiger partial charge in [0.1, 0.15) is 79.7 Å². The van der Waals surface area contributed by atoms with Crippen LogP contribution < -0.4 is 5.73 Å². The Kier molecular flexibility index (Phi) is 32.9. The largest absolute Gasteiger partial charge is 0.465 e. The van der Waals surface area contributed by atoms with Gasteiger partial charge in [0.25, 0.3) is 5.79 Å². The van der Waals surface area contributed by atoms with Crippen molar-refractivity contribution in [2.24, 2.45) is 17.6 Å². The summed E-state index contributed by atoms with van der Waals surface area (Å²) in [5.41, 5.74) is 8.76. The SMILES string of the molecule is CCCCOCC1O[C@@H](OCC)[C@@H](OCCCC)C(O[C@@H]2OC(CO[C@]3(C(=O)OC)C[C@@H](OC(C)=O)[C@@H](C#N)C([C@H](O)[C@@H](COC(C)=O)OC(C)=O)O3)[C@@H](OCCCC)C(O[C@@H]3CC4COC(c5ccccc5)OC4C(OC(=O)c4ccccc4)[C@@H]3OC(=O)c3ccccc3)C2N)[C@H]1OCCCC. The predicted molar refractivity (Wildman–Crippen MR) is 363 cm³/mol. The standard InChI is InChI=1S/C75H104N2O26/c1-10-15-34-86-42-56-63(89-36-17-12-3)67(68(90-37-18-13-4)73(98-56)87-14-5)102-72-58(77)65(62(88-35-16-11-2)57(97-72)44-93-75(74(84)85-9)39-54(94-46(7)79)52(40-76)61(103-75)59(81)55(95-47(8)80)43-91-45(6)78)96-53-38-51-41-92-71(50-32-26-21-27-33-50)101-60(51)66(100-70(83)49-30-24-20-25-31-49)64(53)99-69(82)48-28-22-19-23-29-48/h19-33,51-68,71-73,81H,10-18,34-39,41-44,77H2,1-9H3/t51?,52-,53-,54-,55-,56?,57?,58?,59-,60?,61?,62-,63+,64-,65?,66?,67?,68+,71?,72+,73-,75-/m1/s1. The molecule has 5 aliphatic rings. The molecule has 5 fully saturated rings. The first-order valence-electron chi connectivity index (χ1n) is 36.0. The molecule has 570 valence electrons. The van der Waals surface area contributed by atoms with E-state index in [0.717, 1.165) is 53.6 Å². The summed E-state index contributed by atoms with van der Waals surface area (Å²) in [5, 5.41) is 23.1. The molecule has 1 saturated carbocycles. The van der Waals surface area contributed by atoms with Crippen LogP contribution in [0.15, 0.2) is 91.0 Å². The van der Waals surface area contributed by atoms with Crippen LogP contribution in [0, 0.1) is 23.2 Å². The Hall–Kier alpha value is -6.63. The van der Waals surface area contributed by atoms with Crippen LogP contribution in [0.2, 0.25) is 0 Å². The molecule has 103 heavy (non-hydrogen) atoms. The summed E-state index contributed by atoms with van der Waals surface area (Å²) in [6, 6.07) is 26.3. The first-order chi connectivity index (χ1) is 49.8. The maximum Gasteiger partial charge on any atom is 0.366 e. The summed E-state index contributed by atoms with van der Waals surface area (Å²) in [6.07, 6.45) is -19.7. The zero-order valence-corrected chi connectivity index (χ0v) is 60.4. The van der Waals surface area contributed by atoms with E-state index < -0.39 is 190 Å². The van der Waals surface area contributed by atoms with E-state index in [1.165, 1.54) is 0 Å². The Morgan fingerprint density at radius 1 is 0.621 bits per heavy atom. The first kappa shape index (κ1) is 82.0. The monoisotopic (exact) mass is 1450 g/mol. The number of nitrogens with two attached hydrogens (primary N) is 1. The third-order valence-corrected chi connectivity index (χ3v) is 18.4. The minimum atomic E-state index is -2.74.